The van der Waals surface area contributed by atoms with Gasteiger partial charge in [-0.15, -0.1) is 0 Å². The van der Waals surface area contributed by atoms with Gasteiger partial charge in [-0.2, -0.15) is 0 Å². The molecule has 678 valence electrons. The number of rotatable bonds is 23. The Hall–Kier alpha value is -10.3. The molecule has 0 atom stereocenters. The van der Waals surface area contributed by atoms with E-state index in [1.807, 2.05) is 0 Å². The van der Waals surface area contributed by atoms with E-state index in [2.05, 4.69) is 0 Å². The zero-order chi connectivity index (χ0) is 95.3. The van der Waals surface area contributed by atoms with Crippen LogP contribution in [0, 0.1) is 175 Å². The van der Waals surface area contributed by atoms with Crippen molar-refractivity contribution in [3.8, 4) is 22.7 Å². The molecule has 0 unspecified atom stereocenters. The van der Waals surface area contributed by atoms with Gasteiger partial charge < -0.3 is 0 Å². The maximum atomic E-state index is 18.7. The topological polar surface area (TPSA) is 17.6 Å². The fourth-order valence-corrected chi connectivity index (χ4v) is 24.8. The van der Waals surface area contributed by atoms with Crippen LogP contribution in [0.15, 0.2) is 85.2 Å². The normalized spacial score (nSPS) is 12.5. The first-order chi connectivity index (χ1) is 59.7. The van der Waals surface area contributed by atoms with Gasteiger partial charge in [0.25, 0.3) is 0 Å². The van der Waals surface area contributed by atoms with Crippen LogP contribution >= 0.6 is 0 Å². The Balaban J connectivity index is 1.55. The van der Waals surface area contributed by atoms with Crippen LogP contribution in [-0.4, -0.2) is 47.7 Å². The van der Waals surface area contributed by atoms with E-state index in [4.69, 9.17) is 0 Å². The molecule has 0 spiro atoms. The van der Waals surface area contributed by atoms with E-state index in [1.165, 1.54) is 184 Å². The molecule has 0 aliphatic rings. The van der Waals surface area contributed by atoms with Crippen molar-refractivity contribution in [2.24, 2.45) is 0 Å². The standard InChI is InChI=1S/C90H70B2F30N4Se2/c1-31(2)39-21-17-22-40(32(3)4)85(39)123-29-47(91(49-55(93)67(105)79(117)68(106)56(49)94,50-57(95)69(107)80(118)70(108)58(50)96)51-59(97)71(109)81(119)72(110)60(51)98)125(87-43(35(9)10)25-19-26-44(87)36(11)12)89(123)127-128-90-124(86-41(33(5)6)23-18-24-42(86)34(7)8)30-48(126(90)88-45(37(13)14)27-20-28-46(88)38(15)16)92(52-61(99)73(111)82(120)74(112)62(52)100,53-63(101)75(113)83(121)76(114)64(53)102)54-65(103)77(115)84(122)78(116)66(54)104/h17-38H,1-16H3. The molecule has 0 bridgehead atoms. The number of benzene rings is 10. The minimum absolute atomic E-state index is 0.0565. The minimum atomic E-state index is -7.00. The van der Waals surface area contributed by atoms with Crippen LogP contribution in [0.25, 0.3) is 22.7 Å². The van der Waals surface area contributed by atoms with Crippen molar-refractivity contribution >= 4 is 92.0 Å². The van der Waals surface area contributed by atoms with Gasteiger partial charge in [-0.25, -0.2) is 0 Å². The van der Waals surface area contributed by atoms with Crippen molar-refractivity contribution in [2.45, 2.75) is 158 Å². The average molecular weight is 1960 g/mol. The van der Waals surface area contributed by atoms with E-state index in [-0.39, 0.29) is 44.5 Å². The van der Waals surface area contributed by atoms with E-state index in [1.54, 1.807) is 0 Å². The van der Waals surface area contributed by atoms with Crippen molar-refractivity contribution in [1.82, 2.24) is 9.13 Å². The summed E-state index contributed by atoms with van der Waals surface area (Å²) in [6.45, 7) is 22.4. The van der Waals surface area contributed by atoms with Gasteiger partial charge in [0.15, 0.2) is 0 Å². The summed E-state index contributed by atoms with van der Waals surface area (Å²) in [4.78, 5) is 0. The molecule has 0 N–H and O–H groups in total. The molecule has 38 heteroatoms. The Kier molecular flexibility index (Phi) is 26.9. The summed E-state index contributed by atoms with van der Waals surface area (Å²) in [5.41, 5.74) is -26.5. The second-order valence-corrected chi connectivity index (χ2v) is 39.1. The molecule has 10 aromatic carbocycles. The van der Waals surface area contributed by atoms with E-state index in [0.29, 0.717) is 21.5 Å². The number of imidazole rings is 2. The van der Waals surface area contributed by atoms with Crippen LogP contribution in [0.4, 0.5) is 132 Å². The second kappa shape index (κ2) is 35.5. The van der Waals surface area contributed by atoms with Crippen LogP contribution in [0.1, 0.15) is 203 Å². The third kappa shape index (κ3) is 14.6. The van der Waals surface area contributed by atoms with Crippen molar-refractivity contribution in [2.75, 3.05) is 0 Å². The van der Waals surface area contributed by atoms with Crippen molar-refractivity contribution in [3.63, 3.8) is 0 Å². The molecule has 0 aliphatic carbocycles. The first kappa shape index (κ1) is 96.8. The van der Waals surface area contributed by atoms with E-state index in [0.717, 1.165) is 9.13 Å². The number of para-hydroxylation sites is 4. The summed E-state index contributed by atoms with van der Waals surface area (Å²) < 4.78 is 528. The fraction of sp³-hybridized carbons (Fsp3) is 0.267. The molecule has 0 fully saturated rings. The summed E-state index contributed by atoms with van der Waals surface area (Å²) in [5, 5.41) is 0. The van der Waals surface area contributed by atoms with Gasteiger partial charge in [-0.05, 0) is 0 Å². The number of hydrogen-bond acceptors (Lipinski definition) is 0. The average Bonchev–Trinajstić information content (AvgIpc) is 1.23. The number of halogens is 30. The van der Waals surface area contributed by atoms with Crippen LogP contribution in [0.3, 0.4) is 0 Å². The molecule has 0 radical (unpaired) electrons. The molecule has 2 heterocycles. The van der Waals surface area contributed by atoms with Crippen molar-refractivity contribution in [1.29, 1.82) is 0 Å². The molecule has 12 aromatic rings. The Bertz CT molecular complexity index is 5590. The van der Waals surface area contributed by atoms with E-state index in [9.17, 15) is 0 Å². The van der Waals surface area contributed by atoms with Gasteiger partial charge in [0.1, 0.15) is 0 Å². The Labute approximate surface area is 723 Å². The molecular formula is C90H70B2F30N4Se2. The van der Waals surface area contributed by atoms with Gasteiger partial charge >= 0.3 is 727 Å². The number of aromatic nitrogens is 4. The van der Waals surface area contributed by atoms with Crippen LogP contribution in [0.5, 0.6) is 0 Å². The van der Waals surface area contributed by atoms with Crippen LogP contribution < -0.4 is 62.5 Å². The fourth-order valence-electron chi connectivity index (χ4n) is 17.4. The zero-order valence-electron chi connectivity index (χ0n) is 69.8. The number of nitrogens with zero attached hydrogens (tertiary/aromatic N) is 4. The second-order valence-electron chi connectivity index (χ2n) is 33.3. The van der Waals surface area contributed by atoms with Gasteiger partial charge in [0.05, 0.1) is 0 Å². The van der Waals surface area contributed by atoms with Gasteiger partial charge in [-0.1, -0.05) is 0 Å². The Morgan fingerprint density at radius 1 is 0.234 bits per heavy atom. The van der Waals surface area contributed by atoms with Gasteiger partial charge in [0, 0.05) is 0 Å². The molecule has 4 nitrogen and oxygen atoms in total. The number of hydrogen-bond donors (Lipinski definition) is 0. The summed E-state index contributed by atoms with van der Waals surface area (Å²) in [5.74, 6) is -111. The summed E-state index contributed by atoms with van der Waals surface area (Å²) in [7, 11) is 0. The first-order valence-corrected chi connectivity index (χ1v) is 45.5. The van der Waals surface area contributed by atoms with Crippen molar-refractivity contribution < 1.29 is 141 Å². The van der Waals surface area contributed by atoms with Crippen LogP contribution in [-0.2, 0) is 0 Å². The van der Waals surface area contributed by atoms with E-state index < -0.39 is 337 Å². The predicted octanol–water partition coefficient (Wildman–Crippen LogP) is 19.0. The summed E-state index contributed by atoms with van der Waals surface area (Å²) >= 11 is -5.10. The predicted molar refractivity (Wildman–Crippen MR) is 424 cm³/mol. The SMILES string of the molecule is CC(C)c1cccc(C(C)C)c1-n1cc([B-](c2c(F)c(F)c(F)c(F)c2F)(c2c(F)c(F)c(F)c(F)c2F)c2c(F)c(F)c(F)c(F)c2F)[n+](-c2c(C(C)C)cccc2C(C)C)c1[Se][Se]c1n(-c2c(C(C)C)cccc2C(C)C)c([B-](c2c(F)c(F)c(F)c(F)c2F)(c2c(F)c(F)c(F)c(F)c2F)c2c(F)c(F)c(F)c(F)c2F)c[n+]1-c1c(C(C)C)cccc1C(C)C. The third-order valence-corrected chi connectivity index (χ3v) is 29.8. The third-order valence-electron chi connectivity index (χ3n) is 23.3. The molecule has 0 saturated carbocycles. The maximum absolute atomic E-state index is 18.7. The van der Waals surface area contributed by atoms with E-state index >= 15 is 132 Å². The summed E-state index contributed by atoms with van der Waals surface area (Å²) in [6, 6.07) is 15.2. The molecule has 12 rings (SSSR count). The first-order valence-electron chi connectivity index (χ1n) is 39.4. The quantitative estimate of drug-likeness (QED) is 0.0200. The molecule has 2 aromatic heterocycles. The van der Waals surface area contributed by atoms with Crippen LogP contribution in [0.2, 0.25) is 0 Å². The molecular weight excluding hydrogens is 1890 g/mol. The molecule has 0 aliphatic heterocycles. The molecule has 0 saturated heterocycles. The van der Waals surface area contributed by atoms with Crippen molar-refractivity contribution in [3.05, 3.63) is 304 Å². The molecule has 128 heavy (non-hydrogen) atoms. The summed E-state index contributed by atoms with van der Waals surface area (Å²) in [6.07, 6.45) is -13.4. The monoisotopic (exact) mass is 1960 g/mol. The van der Waals surface area contributed by atoms with Gasteiger partial charge in [0.2, 0.25) is 0 Å². The molecule has 0 amide bonds. The zero-order valence-corrected chi connectivity index (χ0v) is 73.2. The Morgan fingerprint density at radius 2 is 0.430 bits per heavy atom. The van der Waals surface area contributed by atoms with Gasteiger partial charge in [-0.3, -0.25) is 0 Å². The Morgan fingerprint density at radius 3 is 0.664 bits per heavy atom.